The Morgan fingerprint density at radius 1 is 0.769 bits per heavy atom. The molecule has 8 nitrogen and oxygen atoms in total. The van der Waals surface area contributed by atoms with Crippen LogP contribution in [0.2, 0.25) is 0 Å². The molecule has 0 saturated carbocycles. The quantitative estimate of drug-likeness (QED) is 0.258. The van der Waals surface area contributed by atoms with Gasteiger partial charge >= 0.3 is 0 Å². The van der Waals surface area contributed by atoms with Crippen LogP contribution in [0.25, 0.3) is 0 Å². The number of aliphatic carboxylic acids is 1. The van der Waals surface area contributed by atoms with Crippen molar-refractivity contribution >= 4 is 5.97 Å². The molecule has 0 fully saturated rings. The van der Waals surface area contributed by atoms with E-state index in [4.69, 9.17) is 23.7 Å². The van der Waals surface area contributed by atoms with E-state index >= 15 is 0 Å². The fourth-order valence-corrected chi connectivity index (χ4v) is 1.64. The molecule has 26 heavy (non-hydrogen) atoms. The maximum Gasteiger partial charge on any atom is 0.102 e. The van der Waals surface area contributed by atoms with E-state index in [0.717, 1.165) is 44.0 Å². The van der Waals surface area contributed by atoms with Crippen LogP contribution < -0.4 is 5.11 Å². The fraction of sp³-hybridized carbons (Fsp3) is 0.944. The van der Waals surface area contributed by atoms with E-state index in [1.807, 2.05) is 13.8 Å². The summed E-state index contributed by atoms with van der Waals surface area (Å²) in [4.78, 5) is 9.93. The van der Waals surface area contributed by atoms with Crippen LogP contribution in [0.3, 0.4) is 0 Å². The highest BCUT2D eigenvalue weighted by Crippen LogP contribution is 1.96. The normalized spacial score (nSPS) is 11.1. The second-order valence-corrected chi connectivity index (χ2v) is 6.12. The van der Waals surface area contributed by atoms with Crippen LogP contribution in [-0.2, 0) is 28.5 Å². The van der Waals surface area contributed by atoms with Crippen LogP contribution in [-0.4, -0.2) is 104 Å². The third-order valence-corrected chi connectivity index (χ3v) is 3.34. The van der Waals surface area contributed by atoms with Crippen molar-refractivity contribution in [2.75, 3.05) is 93.8 Å². The highest BCUT2D eigenvalue weighted by molar-refractivity contribution is 5.64. The Hall–Kier alpha value is -0.770. The van der Waals surface area contributed by atoms with Gasteiger partial charge in [-0.2, -0.15) is 0 Å². The molecule has 0 aliphatic carbocycles. The average molecular weight is 382 g/mol. The van der Waals surface area contributed by atoms with Crippen LogP contribution in [0.4, 0.5) is 0 Å². The zero-order chi connectivity index (χ0) is 20.1. The lowest BCUT2D eigenvalue weighted by atomic mass is 10.4. The van der Waals surface area contributed by atoms with E-state index in [2.05, 4.69) is 14.1 Å². The van der Waals surface area contributed by atoms with Crippen molar-refractivity contribution < 1.29 is 38.1 Å². The molecule has 158 valence electrons. The highest BCUT2D eigenvalue weighted by Gasteiger charge is 2.13. The van der Waals surface area contributed by atoms with E-state index in [1.165, 1.54) is 0 Å². The summed E-state index contributed by atoms with van der Waals surface area (Å²) in [6, 6.07) is 0. The van der Waals surface area contributed by atoms with Crippen molar-refractivity contribution in [3.8, 4) is 0 Å². The molecule has 0 amide bonds. The number of carboxylic acids is 1. The molecule has 0 radical (unpaired) electrons. The zero-order valence-electron chi connectivity index (χ0n) is 17.3. The molecular weight excluding hydrogens is 342 g/mol. The summed E-state index contributed by atoms with van der Waals surface area (Å²) < 4.78 is 26.4. The predicted molar refractivity (Wildman–Crippen MR) is 98.0 cm³/mol. The van der Waals surface area contributed by atoms with Crippen LogP contribution >= 0.6 is 0 Å². The molecule has 0 bridgehead atoms. The Morgan fingerprint density at radius 2 is 1.23 bits per heavy atom. The maximum absolute atomic E-state index is 9.93. The number of carboxylic acid groups (broad SMARTS) is 1. The summed E-state index contributed by atoms with van der Waals surface area (Å²) in [5.74, 6) is -1.10. The minimum absolute atomic E-state index is 0.0714. The topological polar surface area (TPSA) is 86.3 Å². The summed E-state index contributed by atoms with van der Waals surface area (Å²) in [5, 5.41) is 9.93. The number of methoxy groups -OCH3 is 1. The number of rotatable bonds is 17. The van der Waals surface area contributed by atoms with Gasteiger partial charge in [0.15, 0.2) is 0 Å². The van der Waals surface area contributed by atoms with Gasteiger partial charge in [0.1, 0.15) is 13.1 Å². The molecule has 0 unspecified atom stereocenters. The standard InChI is InChI=1S/C10H24NO2.C8H16O5/c1-5-12-9-7-11(3,4)8-10-13-6-2;1-11-4-5-13-7-6-12-3-2-8(9)10/h5-10H2,1-4H3;2-7H2,1H3,(H,9,10)/q+1;/p-1. The van der Waals surface area contributed by atoms with Crippen molar-refractivity contribution in [1.29, 1.82) is 0 Å². The van der Waals surface area contributed by atoms with Crippen LogP contribution in [0.1, 0.15) is 20.3 Å². The van der Waals surface area contributed by atoms with Gasteiger partial charge in [-0.05, 0) is 13.8 Å². The Labute approximate surface area is 158 Å². The van der Waals surface area contributed by atoms with E-state index in [1.54, 1.807) is 7.11 Å². The van der Waals surface area contributed by atoms with Gasteiger partial charge in [0.05, 0.1) is 60.3 Å². The summed E-state index contributed by atoms with van der Waals surface area (Å²) in [5.41, 5.74) is 0. The SMILES string of the molecule is CCOCC[N+](C)(C)CCOCC.COCCOCCOCCC(=O)[O-]. The molecule has 0 heterocycles. The third kappa shape index (κ3) is 25.5. The summed E-state index contributed by atoms with van der Waals surface area (Å²) in [7, 11) is 6.01. The fourth-order valence-electron chi connectivity index (χ4n) is 1.64. The van der Waals surface area contributed by atoms with Gasteiger partial charge in [0.25, 0.3) is 0 Å². The maximum atomic E-state index is 9.93. The minimum Gasteiger partial charge on any atom is -0.550 e. The molecular formula is C18H39NO7. The average Bonchev–Trinajstić information content (AvgIpc) is 2.58. The second kappa shape index (κ2) is 20.5. The Bertz CT molecular complexity index is 289. The number of quaternary nitrogens is 1. The molecule has 0 spiro atoms. The van der Waals surface area contributed by atoms with Gasteiger partial charge in [-0.25, -0.2) is 0 Å². The van der Waals surface area contributed by atoms with Gasteiger partial charge < -0.3 is 38.1 Å². The van der Waals surface area contributed by atoms with Crippen molar-refractivity contribution in [3.05, 3.63) is 0 Å². The molecule has 0 rings (SSSR count). The second-order valence-electron chi connectivity index (χ2n) is 6.12. The van der Waals surface area contributed by atoms with Gasteiger partial charge in [-0.1, -0.05) is 0 Å². The Morgan fingerprint density at radius 3 is 1.65 bits per heavy atom. The third-order valence-electron chi connectivity index (χ3n) is 3.34. The lowest BCUT2D eigenvalue weighted by Crippen LogP contribution is -2.44. The summed E-state index contributed by atoms with van der Waals surface area (Å²) in [6.07, 6.45) is -0.0714. The van der Waals surface area contributed by atoms with Gasteiger partial charge in [-0.3, -0.25) is 0 Å². The summed E-state index contributed by atoms with van der Waals surface area (Å²) >= 11 is 0. The first-order valence-corrected chi connectivity index (χ1v) is 9.21. The van der Waals surface area contributed by atoms with E-state index in [9.17, 15) is 9.90 Å². The predicted octanol–water partition coefficient (Wildman–Crippen LogP) is -0.0582. The number of carbonyl (C=O) groups is 1. The molecule has 0 aromatic heterocycles. The van der Waals surface area contributed by atoms with Gasteiger partial charge in [0.2, 0.25) is 0 Å². The Balaban J connectivity index is 0. The lowest BCUT2D eigenvalue weighted by Gasteiger charge is -2.29. The largest absolute Gasteiger partial charge is 0.550 e. The first-order chi connectivity index (χ1) is 12.4. The van der Waals surface area contributed by atoms with Crippen molar-refractivity contribution in [2.45, 2.75) is 20.3 Å². The van der Waals surface area contributed by atoms with Crippen molar-refractivity contribution in [2.24, 2.45) is 0 Å². The number of likely N-dealkylation sites (N-methyl/N-ethyl adjacent to an activating group) is 1. The zero-order valence-corrected chi connectivity index (χ0v) is 17.3. The van der Waals surface area contributed by atoms with Crippen LogP contribution in [0, 0.1) is 0 Å². The number of carbonyl (C=O) groups excluding carboxylic acids is 1. The smallest absolute Gasteiger partial charge is 0.102 e. The minimum atomic E-state index is -1.10. The van der Waals surface area contributed by atoms with Gasteiger partial charge in [-0.15, -0.1) is 0 Å². The van der Waals surface area contributed by atoms with E-state index in [-0.39, 0.29) is 13.0 Å². The molecule has 0 N–H and O–H groups in total. The molecule has 0 aromatic rings. The molecule has 0 saturated heterocycles. The van der Waals surface area contributed by atoms with Crippen molar-refractivity contribution in [3.63, 3.8) is 0 Å². The first kappa shape index (κ1) is 27.4. The number of hydrogen-bond acceptors (Lipinski definition) is 7. The first-order valence-electron chi connectivity index (χ1n) is 9.21. The summed E-state index contributed by atoms with van der Waals surface area (Å²) in [6.45, 7) is 11.6. The number of ether oxygens (including phenoxy) is 5. The van der Waals surface area contributed by atoms with E-state index < -0.39 is 5.97 Å². The highest BCUT2D eigenvalue weighted by atomic mass is 16.5. The molecule has 0 aliphatic rings. The van der Waals surface area contributed by atoms with Gasteiger partial charge in [0, 0.05) is 32.7 Å². The van der Waals surface area contributed by atoms with E-state index in [0.29, 0.717) is 26.4 Å². The molecule has 0 aliphatic heterocycles. The number of hydrogen-bond donors (Lipinski definition) is 0. The number of nitrogens with zero attached hydrogens (tertiary/aromatic N) is 1. The molecule has 8 heteroatoms. The van der Waals surface area contributed by atoms with Crippen molar-refractivity contribution in [1.82, 2.24) is 0 Å². The molecule has 0 aromatic carbocycles. The Kier molecular flexibility index (Phi) is 21.7. The van der Waals surface area contributed by atoms with Crippen LogP contribution in [0.5, 0.6) is 0 Å². The lowest BCUT2D eigenvalue weighted by molar-refractivity contribution is -0.891. The molecule has 0 atom stereocenters. The monoisotopic (exact) mass is 381 g/mol. The van der Waals surface area contributed by atoms with Crippen LogP contribution in [0.15, 0.2) is 0 Å².